The quantitative estimate of drug-likeness (QED) is 0.569. The topological polar surface area (TPSA) is 92.5 Å². The molecule has 0 aliphatic carbocycles. The van der Waals surface area contributed by atoms with Gasteiger partial charge in [0.25, 0.3) is 11.8 Å². The van der Waals surface area contributed by atoms with Gasteiger partial charge in [-0.2, -0.15) is 0 Å². The maximum atomic E-state index is 13.3. The molecule has 156 valence electrons. The predicted molar refractivity (Wildman–Crippen MR) is 117 cm³/mol. The van der Waals surface area contributed by atoms with Gasteiger partial charge < -0.3 is 9.73 Å². The van der Waals surface area contributed by atoms with Crippen LogP contribution in [0.5, 0.6) is 0 Å². The van der Waals surface area contributed by atoms with Crippen LogP contribution in [0, 0.1) is 0 Å². The number of carbonyl (C=O) groups excluding carboxylic acids is 3. The number of amides is 3. The highest BCUT2D eigenvalue weighted by molar-refractivity contribution is 8.03. The number of imide groups is 1. The van der Waals surface area contributed by atoms with Crippen LogP contribution in [0.2, 0.25) is 0 Å². The normalized spacial score (nSPS) is 13.8. The van der Waals surface area contributed by atoms with Crippen LogP contribution >= 0.6 is 11.8 Å². The third-order valence-corrected chi connectivity index (χ3v) is 5.72. The summed E-state index contributed by atoms with van der Waals surface area (Å²) in [5.74, 6) is 0.255. The zero-order valence-electron chi connectivity index (χ0n) is 16.7. The van der Waals surface area contributed by atoms with E-state index in [1.54, 1.807) is 55.1 Å². The number of hydrogen-bond acceptors (Lipinski definition) is 6. The number of aromatic nitrogens is 1. The molecular formula is C23H19N3O4S. The molecule has 31 heavy (non-hydrogen) atoms. The van der Waals surface area contributed by atoms with E-state index in [0.717, 1.165) is 5.56 Å². The van der Waals surface area contributed by atoms with Gasteiger partial charge in [-0.3, -0.25) is 24.3 Å². The number of benzene rings is 1. The lowest BCUT2D eigenvalue weighted by Gasteiger charge is -2.15. The number of nitrogens with zero attached hydrogens (tertiary/aromatic N) is 2. The van der Waals surface area contributed by atoms with Crippen LogP contribution in [0.1, 0.15) is 23.8 Å². The first kappa shape index (κ1) is 20.6. The lowest BCUT2D eigenvalue weighted by atomic mass is 10.1. The first-order valence-electron chi connectivity index (χ1n) is 9.55. The van der Waals surface area contributed by atoms with E-state index in [2.05, 4.69) is 10.3 Å². The first-order chi connectivity index (χ1) is 15.0. The molecule has 0 saturated carbocycles. The molecule has 0 radical (unpaired) electrons. The molecule has 0 unspecified atom stereocenters. The lowest BCUT2D eigenvalue weighted by molar-refractivity contribution is -0.137. The highest BCUT2D eigenvalue weighted by Gasteiger charge is 2.39. The molecule has 8 heteroatoms. The van der Waals surface area contributed by atoms with E-state index in [9.17, 15) is 14.4 Å². The van der Waals surface area contributed by atoms with Crippen molar-refractivity contribution >= 4 is 40.7 Å². The molecular weight excluding hydrogens is 414 g/mol. The van der Waals surface area contributed by atoms with Crippen molar-refractivity contribution in [1.29, 1.82) is 0 Å². The predicted octanol–water partition coefficient (Wildman–Crippen LogP) is 3.85. The van der Waals surface area contributed by atoms with Crippen molar-refractivity contribution < 1.29 is 18.8 Å². The molecule has 0 bridgehead atoms. The van der Waals surface area contributed by atoms with Gasteiger partial charge >= 0.3 is 0 Å². The van der Waals surface area contributed by atoms with Crippen LogP contribution in [-0.2, 0) is 26.7 Å². The first-order valence-corrected chi connectivity index (χ1v) is 10.5. The van der Waals surface area contributed by atoms with Crippen molar-refractivity contribution in [1.82, 2.24) is 9.88 Å². The van der Waals surface area contributed by atoms with Crippen molar-refractivity contribution in [3.8, 4) is 0 Å². The van der Waals surface area contributed by atoms with Crippen molar-refractivity contribution in [2.24, 2.45) is 0 Å². The molecule has 2 aromatic heterocycles. The molecule has 3 heterocycles. The Kier molecular flexibility index (Phi) is 5.99. The third kappa shape index (κ3) is 4.59. The van der Waals surface area contributed by atoms with Gasteiger partial charge in [0.2, 0.25) is 5.91 Å². The van der Waals surface area contributed by atoms with Gasteiger partial charge in [-0.1, -0.05) is 18.2 Å². The number of rotatable bonds is 7. The van der Waals surface area contributed by atoms with Gasteiger partial charge in [0.15, 0.2) is 0 Å². The van der Waals surface area contributed by atoms with E-state index in [1.165, 1.54) is 23.6 Å². The third-order valence-electron chi connectivity index (χ3n) is 4.62. The second kappa shape index (κ2) is 9.01. The van der Waals surface area contributed by atoms with E-state index in [4.69, 9.17) is 4.42 Å². The summed E-state index contributed by atoms with van der Waals surface area (Å²) in [6.45, 7) is 1.57. The summed E-state index contributed by atoms with van der Waals surface area (Å²) in [5, 5.41) is 2.70. The van der Waals surface area contributed by atoms with E-state index >= 15 is 0 Å². The number of hydrogen-bond donors (Lipinski definition) is 1. The van der Waals surface area contributed by atoms with Gasteiger partial charge in [-0.15, -0.1) is 11.8 Å². The molecule has 4 rings (SSSR count). The van der Waals surface area contributed by atoms with Gasteiger partial charge in [0.1, 0.15) is 5.76 Å². The fourth-order valence-electron chi connectivity index (χ4n) is 3.22. The Labute approximate surface area is 183 Å². The molecule has 1 aliphatic heterocycles. The molecule has 1 N–H and O–H groups in total. The molecule has 3 amide bonds. The minimum absolute atomic E-state index is 0.143. The average molecular weight is 433 g/mol. The molecule has 1 aromatic carbocycles. The summed E-state index contributed by atoms with van der Waals surface area (Å²) in [4.78, 5) is 43.4. The highest BCUT2D eigenvalue weighted by Crippen LogP contribution is 2.38. The Bertz CT molecular complexity index is 1140. The monoisotopic (exact) mass is 433 g/mol. The van der Waals surface area contributed by atoms with Crippen LogP contribution in [0.15, 0.2) is 76.5 Å². The van der Waals surface area contributed by atoms with Gasteiger partial charge in [0, 0.05) is 25.0 Å². The fourth-order valence-corrected chi connectivity index (χ4v) is 4.26. The van der Waals surface area contributed by atoms with E-state index in [0.29, 0.717) is 33.2 Å². The molecule has 0 fully saturated rings. The average Bonchev–Trinajstić information content (AvgIpc) is 3.36. The van der Waals surface area contributed by atoms with Crippen LogP contribution in [0.25, 0.3) is 5.57 Å². The largest absolute Gasteiger partial charge is 0.468 e. The van der Waals surface area contributed by atoms with E-state index in [1.807, 2.05) is 12.1 Å². The van der Waals surface area contributed by atoms with Crippen LogP contribution in [0.3, 0.4) is 0 Å². The van der Waals surface area contributed by atoms with Crippen LogP contribution < -0.4 is 5.32 Å². The number of pyridine rings is 1. The standard InChI is InChI=1S/C23H19N3O4S/c1-15(27)25-18-8-6-17(7-9-18)20-21(31-14-19-5-3-11-30-19)23(29)26(22(20)28)13-16-4-2-10-24-12-16/h2-12H,13-14H2,1H3,(H,25,27). The maximum Gasteiger partial charge on any atom is 0.268 e. The Morgan fingerprint density at radius 3 is 2.55 bits per heavy atom. The summed E-state index contributed by atoms with van der Waals surface area (Å²) >= 11 is 1.27. The second-order valence-corrected chi connectivity index (χ2v) is 7.87. The fraction of sp³-hybridized carbons (Fsp3) is 0.130. The molecule has 7 nitrogen and oxygen atoms in total. The molecule has 1 aliphatic rings. The van der Waals surface area contributed by atoms with Gasteiger partial charge in [-0.25, -0.2) is 0 Å². The summed E-state index contributed by atoms with van der Waals surface area (Å²) in [5.41, 5.74) is 2.34. The molecule has 0 saturated heterocycles. The minimum atomic E-state index is -0.358. The lowest BCUT2D eigenvalue weighted by Crippen LogP contribution is -2.31. The highest BCUT2D eigenvalue weighted by atomic mass is 32.2. The summed E-state index contributed by atoms with van der Waals surface area (Å²) in [6.07, 6.45) is 4.85. The van der Waals surface area contributed by atoms with Gasteiger partial charge in [0.05, 0.1) is 29.0 Å². The van der Waals surface area contributed by atoms with Gasteiger partial charge in [-0.05, 0) is 41.5 Å². The van der Waals surface area contributed by atoms with E-state index < -0.39 is 0 Å². The van der Waals surface area contributed by atoms with E-state index in [-0.39, 0.29) is 24.3 Å². The number of furan rings is 1. The van der Waals surface area contributed by atoms with Crippen molar-refractivity contribution in [2.75, 3.05) is 5.32 Å². The Morgan fingerprint density at radius 1 is 1.10 bits per heavy atom. The Balaban J connectivity index is 1.66. The number of carbonyl (C=O) groups is 3. The summed E-state index contributed by atoms with van der Waals surface area (Å²) in [6, 6.07) is 14.1. The minimum Gasteiger partial charge on any atom is -0.468 e. The Hall–Kier alpha value is -3.65. The molecule has 0 atom stereocenters. The van der Waals surface area contributed by atoms with Crippen molar-refractivity contribution in [3.05, 3.63) is 89.0 Å². The number of nitrogens with one attached hydrogen (secondary N) is 1. The zero-order valence-corrected chi connectivity index (χ0v) is 17.5. The number of thioether (sulfide) groups is 1. The maximum absolute atomic E-state index is 13.3. The van der Waals surface area contributed by atoms with Crippen molar-refractivity contribution in [2.45, 2.75) is 19.2 Å². The zero-order chi connectivity index (χ0) is 21.8. The molecule has 3 aromatic rings. The number of anilines is 1. The Morgan fingerprint density at radius 2 is 1.90 bits per heavy atom. The van der Waals surface area contributed by atoms with Crippen LogP contribution in [-0.4, -0.2) is 27.6 Å². The second-order valence-electron chi connectivity index (χ2n) is 6.89. The summed E-state index contributed by atoms with van der Waals surface area (Å²) in [7, 11) is 0. The summed E-state index contributed by atoms with van der Waals surface area (Å²) < 4.78 is 5.37. The smallest absolute Gasteiger partial charge is 0.268 e. The van der Waals surface area contributed by atoms with Crippen molar-refractivity contribution in [3.63, 3.8) is 0 Å². The van der Waals surface area contributed by atoms with Crippen LogP contribution in [0.4, 0.5) is 5.69 Å². The SMILES string of the molecule is CC(=O)Nc1ccc(C2=C(SCc3ccco3)C(=O)N(Cc3cccnc3)C2=O)cc1. The molecule has 0 spiro atoms.